The average Bonchev–Trinajstić information content (AvgIpc) is 2.67. The van der Waals surface area contributed by atoms with Gasteiger partial charge in [0.1, 0.15) is 0 Å². The maximum absolute atomic E-state index is 13.0. The van der Waals surface area contributed by atoms with Crippen LogP contribution in [0, 0.1) is 0 Å². The quantitative estimate of drug-likeness (QED) is 0.597. The number of nitrogens with zero attached hydrogens (tertiary/aromatic N) is 1. The van der Waals surface area contributed by atoms with E-state index in [0.29, 0.717) is 12.1 Å². The van der Waals surface area contributed by atoms with E-state index in [9.17, 15) is 31.1 Å². The van der Waals surface area contributed by atoms with Crippen LogP contribution in [0.15, 0.2) is 54.7 Å². The van der Waals surface area contributed by atoms with Crippen molar-refractivity contribution in [1.82, 2.24) is 4.90 Å². The summed E-state index contributed by atoms with van der Waals surface area (Å²) in [5.74, 6) is -1.19. The number of benzene rings is 2. The lowest BCUT2D eigenvalue weighted by Gasteiger charge is -2.31. The average molecular weight is 413 g/mol. The molecule has 0 saturated heterocycles. The summed E-state index contributed by atoms with van der Waals surface area (Å²) in [5, 5.41) is 0. The molecule has 0 spiro atoms. The molecule has 0 N–H and O–H groups in total. The lowest BCUT2D eigenvalue weighted by molar-refractivity contribution is -0.138. The predicted molar refractivity (Wildman–Crippen MR) is 95.9 cm³/mol. The number of rotatable bonds is 3. The monoisotopic (exact) mass is 413 g/mol. The van der Waals surface area contributed by atoms with E-state index in [4.69, 9.17) is 0 Å². The number of carbonyl (C=O) groups is 1. The Morgan fingerprint density at radius 2 is 1.55 bits per heavy atom. The molecule has 1 heterocycles. The van der Waals surface area contributed by atoms with Crippen LogP contribution < -0.4 is 0 Å². The van der Waals surface area contributed by atoms with Gasteiger partial charge in [-0.3, -0.25) is 4.79 Å². The van der Waals surface area contributed by atoms with Crippen molar-refractivity contribution >= 4 is 11.4 Å². The minimum atomic E-state index is -4.55. The first-order valence-corrected chi connectivity index (χ1v) is 8.85. The van der Waals surface area contributed by atoms with Gasteiger partial charge in [-0.2, -0.15) is 26.3 Å². The highest BCUT2D eigenvalue weighted by Gasteiger charge is 2.35. The van der Waals surface area contributed by atoms with Crippen LogP contribution in [0.5, 0.6) is 0 Å². The van der Waals surface area contributed by atoms with Crippen LogP contribution in [0.25, 0.3) is 5.57 Å². The maximum atomic E-state index is 13.0. The molecule has 0 bridgehead atoms. The van der Waals surface area contributed by atoms with Crippen LogP contribution in [-0.4, -0.2) is 23.8 Å². The lowest BCUT2D eigenvalue weighted by Crippen LogP contribution is -2.34. The second-order valence-corrected chi connectivity index (χ2v) is 6.75. The second-order valence-electron chi connectivity index (χ2n) is 6.75. The molecule has 1 unspecified atom stereocenters. The minimum Gasteiger partial charge on any atom is -0.376 e. The molecule has 154 valence electrons. The zero-order chi connectivity index (χ0) is 21.4. The molecule has 8 heteroatoms. The molecular formula is C21H17F6NO. The number of halogens is 6. The third-order valence-electron chi connectivity index (χ3n) is 4.86. The molecule has 1 atom stereocenters. The summed E-state index contributed by atoms with van der Waals surface area (Å²) >= 11 is 0. The lowest BCUT2D eigenvalue weighted by atomic mass is 9.84. The smallest absolute Gasteiger partial charge is 0.376 e. The van der Waals surface area contributed by atoms with Gasteiger partial charge in [0.2, 0.25) is 0 Å². The molecule has 29 heavy (non-hydrogen) atoms. The summed E-state index contributed by atoms with van der Waals surface area (Å²) < 4.78 is 77.5. The molecule has 0 amide bonds. The van der Waals surface area contributed by atoms with Crippen LogP contribution >= 0.6 is 0 Å². The normalized spacial score (nSPS) is 18.0. The Balaban J connectivity index is 1.98. The molecule has 0 radical (unpaired) electrons. The van der Waals surface area contributed by atoms with Gasteiger partial charge in [-0.25, -0.2) is 0 Å². The van der Waals surface area contributed by atoms with Gasteiger partial charge in [0, 0.05) is 24.9 Å². The fraction of sp³-hybridized carbons (Fsp3) is 0.286. The molecule has 0 fully saturated rings. The molecular weight excluding hydrogens is 396 g/mol. The van der Waals surface area contributed by atoms with Gasteiger partial charge in [0.25, 0.3) is 0 Å². The van der Waals surface area contributed by atoms with Crippen molar-refractivity contribution in [1.29, 1.82) is 0 Å². The largest absolute Gasteiger partial charge is 0.416 e. The van der Waals surface area contributed by atoms with Crippen molar-refractivity contribution < 1.29 is 31.1 Å². The van der Waals surface area contributed by atoms with Crippen LogP contribution in [0.4, 0.5) is 26.3 Å². The molecule has 2 aromatic carbocycles. The summed E-state index contributed by atoms with van der Waals surface area (Å²) in [6.45, 7) is 2.55. The number of allylic oxidation sites excluding steroid dienone is 1. The molecule has 2 nitrogen and oxygen atoms in total. The first-order chi connectivity index (χ1) is 13.5. The number of carbonyl (C=O) groups excluding carboxylic acids is 1. The summed E-state index contributed by atoms with van der Waals surface area (Å²) in [6.07, 6.45) is -7.53. The fourth-order valence-corrected chi connectivity index (χ4v) is 3.27. The van der Waals surface area contributed by atoms with E-state index in [1.165, 1.54) is 30.5 Å². The first-order valence-electron chi connectivity index (χ1n) is 8.85. The van der Waals surface area contributed by atoms with Crippen LogP contribution in [0.2, 0.25) is 0 Å². The van der Waals surface area contributed by atoms with E-state index in [1.807, 2.05) is 6.92 Å². The molecule has 2 aromatic rings. The number of alkyl halides is 6. The predicted octanol–water partition coefficient (Wildman–Crippen LogP) is 5.75. The van der Waals surface area contributed by atoms with Crippen molar-refractivity contribution in [3.05, 3.63) is 77.0 Å². The highest BCUT2D eigenvalue weighted by molar-refractivity contribution is 6.24. The van der Waals surface area contributed by atoms with Gasteiger partial charge in [0.05, 0.1) is 17.0 Å². The van der Waals surface area contributed by atoms with Gasteiger partial charge in [-0.1, -0.05) is 24.3 Å². The number of hydrogen-bond donors (Lipinski definition) is 0. The van der Waals surface area contributed by atoms with Crippen LogP contribution in [0.1, 0.15) is 35.1 Å². The van der Waals surface area contributed by atoms with E-state index in [0.717, 1.165) is 24.3 Å². The zero-order valence-corrected chi connectivity index (χ0v) is 15.3. The first kappa shape index (κ1) is 21.0. The van der Waals surface area contributed by atoms with E-state index >= 15 is 0 Å². The summed E-state index contributed by atoms with van der Waals surface area (Å²) in [5.41, 5.74) is -1.08. The SMILES string of the molecule is CCN1C=C(c2cccc(C(F)(F)F)c2)C(=O)C(c2ccc(C(F)(F)F)cc2)C1. The topological polar surface area (TPSA) is 20.3 Å². The number of ketones is 1. The standard InChI is InChI=1S/C21H17F6NO/c1-2-28-11-17(13-6-8-15(9-7-13)20(22,23)24)19(29)18(12-28)14-4-3-5-16(10-14)21(25,26)27/h3-10,12,17H,2,11H2,1H3. The van der Waals surface area contributed by atoms with Crippen molar-refractivity contribution in [3.8, 4) is 0 Å². The van der Waals surface area contributed by atoms with Gasteiger partial charge >= 0.3 is 12.4 Å². The fourth-order valence-electron chi connectivity index (χ4n) is 3.27. The van der Waals surface area contributed by atoms with E-state index < -0.39 is 35.2 Å². The number of likely N-dealkylation sites (N-methyl/N-ethyl adjacent to an activating group) is 1. The molecule has 1 aliphatic heterocycles. The van der Waals surface area contributed by atoms with Crippen molar-refractivity contribution in [3.63, 3.8) is 0 Å². The number of hydrogen-bond acceptors (Lipinski definition) is 2. The summed E-state index contributed by atoms with van der Waals surface area (Å²) in [4.78, 5) is 14.8. The molecule has 0 aliphatic carbocycles. The molecule has 1 aliphatic rings. The van der Waals surface area contributed by atoms with E-state index in [2.05, 4.69) is 0 Å². The van der Waals surface area contributed by atoms with Crippen molar-refractivity contribution in [2.24, 2.45) is 0 Å². The Morgan fingerprint density at radius 1 is 0.931 bits per heavy atom. The summed E-state index contributed by atoms with van der Waals surface area (Å²) in [6, 6.07) is 8.77. The highest BCUT2D eigenvalue weighted by atomic mass is 19.4. The summed E-state index contributed by atoms with van der Waals surface area (Å²) in [7, 11) is 0. The van der Waals surface area contributed by atoms with Crippen molar-refractivity contribution in [2.45, 2.75) is 25.2 Å². The van der Waals surface area contributed by atoms with Gasteiger partial charge < -0.3 is 4.90 Å². The zero-order valence-electron chi connectivity index (χ0n) is 15.3. The molecule has 0 aromatic heterocycles. The third kappa shape index (κ3) is 4.46. The molecule has 3 rings (SSSR count). The van der Waals surface area contributed by atoms with Gasteiger partial charge in [-0.15, -0.1) is 0 Å². The van der Waals surface area contributed by atoms with E-state index in [1.54, 1.807) is 4.90 Å². The van der Waals surface area contributed by atoms with Crippen LogP contribution in [-0.2, 0) is 17.1 Å². The Bertz CT molecular complexity index is 927. The van der Waals surface area contributed by atoms with E-state index in [-0.39, 0.29) is 17.7 Å². The Morgan fingerprint density at radius 3 is 2.10 bits per heavy atom. The molecule has 0 saturated carbocycles. The maximum Gasteiger partial charge on any atom is 0.416 e. The highest BCUT2D eigenvalue weighted by Crippen LogP contribution is 2.36. The Hall–Kier alpha value is -2.77. The van der Waals surface area contributed by atoms with Crippen molar-refractivity contribution in [2.75, 3.05) is 13.1 Å². The second kappa shape index (κ2) is 7.57. The van der Waals surface area contributed by atoms with Crippen LogP contribution in [0.3, 0.4) is 0 Å². The Labute approximate surface area is 163 Å². The Kier molecular flexibility index (Phi) is 5.47. The minimum absolute atomic E-state index is 0.106. The number of Topliss-reactive ketones (excluding diaryl/α,β-unsaturated/α-hetero) is 1. The third-order valence-corrected chi connectivity index (χ3v) is 4.86. The van der Waals surface area contributed by atoms with Gasteiger partial charge in [0.15, 0.2) is 5.78 Å². The van der Waals surface area contributed by atoms with Gasteiger partial charge in [-0.05, 0) is 42.3 Å².